The molecule has 0 fully saturated rings. The quantitative estimate of drug-likeness (QED) is 0.452. The van der Waals surface area contributed by atoms with Crippen LogP contribution in [0.3, 0.4) is 0 Å². The minimum atomic E-state index is -1.41. The second-order valence-corrected chi connectivity index (χ2v) is 4.04. The predicted octanol–water partition coefficient (Wildman–Crippen LogP) is -0.784. The van der Waals surface area contributed by atoms with E-state index in [9.17, 15) is 20.1 Å². The van der Waals surface area contributed by atoms with Crippen LogP contribution in [0.2, 0.25) is 0 Å². The van der Waals surface area contributed by atoms with Gasteiger partial charge in [-0.15, -0.1) is 0 Å². The number of carboxylic acids is 1. The zero-order valence-electron chi connectivity index (χ0n) is 9.92. The molecule has 100 valence electrons. The maximum Gasteiger partial charge on any atom is 0.339 e. The third kappa shape index (κ3) is 2.76. The Labute approximate surface area is 104 Å². The van der Waals surface area contributed by atoms with Gasteiger partial charge in [-0.25, -0.2) is 9.78 Å². The van der Waals surface area contributed by atoms with E-state index in [0.717, 1.165) is 0 Å². The van der Waals surface area contributed by atoms with Gasteiger partial charge in [0.05, 0.1) is 19.8 Å². The number of pyridine rings is 1. The number of anilines is 1. The molecule has 0 saturated heterocycles. The number of aliphatic hydroxyl groups is 3. The SMILES string of the molecule is Cc1ccnc(NC(CO)(CO)CO)c1C(=O)O. The molecule has 1 heterocycles. The molecule has 18 heavy (non-hydrogen) atoms. The second kappa shape index (κ2) is 5.76. The van der Waals surface area contributed by atoms with Crippen molar-refractivity contribution in [2.45, 2.75) is 12.5 Å². The van der Waals surface area contributed by atoms with E-state index in [1.165, 1.54) is 12.3 Å². The molecule has 0 aliphatic rings. The number of hydrogen-bond acceptors (Lipinski definition) is 6. The molecule has 0 atom stereocenters. The van der Waals surface area contributed by atoms with Crippen LogP contribution >= 0.6 is 0 Å². The van der Waals surface area contributed by atoms with E-state index in [-0.39, 0.29) is 11.4 Å². The first-order chi connectivity index (χ1) is 8.49. The maximum absolute atomic E-state index is 11.1. The normalized spacial score (nSPS) is 11.3. The lowest BCUT2D eigenvalue weighted by Crippen LogP contribution is -2.49. The molecule has 0 aliphatic carbocycles. The molecular weight excluding hydrogens is 240 g/mol. The Morgan fingerprint density at radius 2 is 1.89 bits per heavy atom. The number of carboxylic acid groups (broad SMARTS) is 1. The van der Waals surface area contributed by atoms with Crippen molar-refractivity contribution in [1.29, 1.82) is 0 Å². The van der Waals surface area contributed by atoms with Crippen LogP contribution in [0.15, 0.2) is 12.3 Å². The molecule has 0 aromatic carbocycles. The third-order valence-corrected chi connectivity index (χ3v) is 2.66. The Bertz CT molecular complexity index is 423. The number of aryl methyl sites for hydroxylation is 1. The lowest BCUT2D eigenvalue weighted by atomic mass is 10.0. The first-order valence-electron chi connectivity index (χ1n) is 5.29. The zero-order valence-corrected chi connectivity index (χ0v) is 9.92. The van der Waals surface area contributed by atoms with Gasteiger partial charge >= 0.3 is 5.97 Å². The molecule has 7 nitrogen and oxygen atoms in total. The molecule has 0 bridgehead atoms. The van der Waals surface area contributed by atoms with E-state index < -0.39 is 31.3 Å². The van der Waals surface area contributed by atoms with Crippen molar-refractivity contribution >= 4 is 11.8 Å². The van der Waals surface area contributed by atoms with Crippen molar-refractivity contribution in [3.05, 3.63) is 23.4 Å². The molecule has 0 saturated carbocycles. The number of hydrogen-bond donors (Lipinski definition) is 5. The summed E-state index contributed by atoms with van der Waals surface area (Å²) >= 11 is 0. The van der Waals surface area contributed by atoms with Crippen LogP contribution in [0.4, 0.5) is 5.82 Å². The van der Waals surface area contributed by atoms with Crippen molar-refractivity contribution in [3.8, 4) is 0 Å². The maximum atomic E-state index is 11.1. The lowest BCUT2D eigenvalue weighted by molar-refractivity contribution is 0.0690. The summed E-state index contributed by atoms with van der Waals surface area (Å²) in [6.45, 7) is -0.0765. The van der Waals surface area contributed by atoms with Crippen LogP contribution < -0.4 is 5.32 Å². The summed E-state index contributed by atoms with van der Waals surface area (Å²) in [7, 11) is 0. The summed E-state index contributed by atoms with van der Waals surface area (Å²) in [4.78, 5) is 15.0. The van der Waals surface area contributed by atoms with Crippen LogP contribution in [0, 0.1) is 6.92 Å². The van der Waals surface area contributed by atoms with Crippen LogP contribution in [0.5, 0.6) is 0 Å². The Hall–Kier alpha value is -1.70. The zero-order chi connectivity index (χ0) is 13.8. The van der Waals surface area contributed by atoms with Gasteiger partial charge in [-0.05, 0) is 18.6 Å². The molecule has 0 unspecified atom stereocenters. The summed E-state index contributed by atoms with van der Waals surface area (Å²) in [5.74, 6) is -1.18. The van der Waals surface area contributed by atoms with Gasteiger partial charge in [0.25, 0.3) is 0 Å². The van der Waals surface area contributed by atoms with Crippen molar-refractivity contribution in [2.75, 3.05) is 25.1 Å². The molecule has 0 amide bonds. The van der Waals surface area contributed by atoms with E-state index in [1.807, 2.05) is 0 Å². The highest BCUT2D eigenvalue weighted by atomic mass is 16.4. The monoisotopic (exact) mass is 256 g/mol. The van der Waals surface area contributed by atoms with Crippen LogP contribution in [-0.2, 0) is 0 Å². The van der Waals surface area contributed by atoms with Crippen molar-refractivity contribution in [3.63, 3.8) is 0 Å². The molecule has 1 rings (SSSR count). The van der Waals surface area contributed by atoms with Crippen LogP contribution in [0.1, 0.15) is 15.9 Å². The number of aromatic carboxylic acids is 1. The smallest absolute Gasteiger partial charge is 0.339 e. The largest absolute Gasteiger partial charge is 0.478 e. The van der Waals surface area contributed by atoms with E-state index >= 15 is 0 Å². The lowest BCUT2D eigenvalue weighted by Gasteiger charge is -2.30. The summed E-state index contributed by atoms with van der Waals surface area (Å²) < 4.78 is 0. The predicted molar refractivity (Wildman–Crippen MR) is 63.5 cm³/mol. The molecule has 1 aromatic heterocycles. The Morgan fingerprint density at radius 3 is 2.33 bits per heavy atom. The van der Waals surface area contributed by atoms with Gasteiger partial charge in [0.1, 0.15) is 16.9 Å². The average molecular weight is 256 g/mol. The van der Waals surface area contributed by atoms with Crippen molar-refractivity contribution in [1.82, 2.24) is 4.98 Å². The van der Waals surface area contributed by atoms with Gasteiger partial charge in [-0.2, -0.15) is 0 Å². The van der Waals surface area contributed by atoms with Crippen LogP contribution in [-0.4, -0.2) is 56.7 Å². The molecule has 0 aliphatic heterocycles. The first-order valence-corrected chi connectivity index (χ1v) is 5.29. The Morgan fingerprint density at radius 1 is 1.33 bits per heavy atom. The number of nitrogens with zero attached hydrogens (tertiary/aromatic N) is 1. The fourth-order valence-corrected chi connectivity index (χ4v) is 1.44. The van der Waals surface area contributed by atoms with E-state index in [0.29, 0.717) is 5.56 Å². The summed E-state index contributed by atoms with van der Waals surface area (Å²) in [5.41, 5.74) is -0.981. The van der Waals surface area contributed by atoms with Crippen molar-refractivity contribution < 1.29 is 25.2 Å². The van der Waals surface area contributed by atoms with Gasteiger partial charge in [0.2, 0.25) is 0 Å². The highest BCUT2D eigenvalue weighted by molar-refractivity contribution is 5.94. The number of aliphatic hydroxyl groups excluding tert-OH is 3. The third-order valence-electron chi connectivity index (χ3n) is 2.66. The highest BCUT2D eigenvalue weighted by Gasteiger charge is 2.30. The topological polar surface area (TPSA) is 123 Å². The average Bonchev–Trinajstić information content (AvgIpc) is 2.35. The Balaban J connectivity index is 3.18. The highest BCUT2D eigenvalue weighted by Crippen LogP contribution is 2.20. The number of carbonyl (C=O) groups is 1. The van der Waals surface area contributed by atoms with Crippen molar-refractivity contribution in [2.24, 2.45) is 0 Å². The van der Waals surface area contributed by atoms with Gasteiger partial charge < -0.3 is 25.7 Å². The van der Waals surface area contributed by atoms with Gasteiger partial charge in [0, 0.05) is 6.20 Å². The van der Waals surface area contributed by atoms with E-state index in [1.54, 1.807) is 6.92 Å². The molecule has 0 radical (unpaired) electrons. The summed E-state index contributed by atoms with van der Waals surface area (Å²) in [6, 6.07) is 1.53. The van der Waals surface area contributed by atoms with E-state index in [2.05, 4.69) is 10.3 Å². The standard InChI is InChI=1S/C11H16N2O5/c1-7-2-3-12-9(8(7)10(17)18)13-11(4-14,5-15)6-16/h2-3,14-16H,4-6H2,1H3,(H,12,13)(H,17,18). The molecule has 5 N–H and O–H groups in total. The minimum absolute atomic E-state index is 0.000324. The first kappa shape index (κ1) is 14.4. The minimum Gasteiger partial charge on any atom is -0.478 e. The molecule has 0 spiro atoms. The second-order valence-electron chi connectivity index (χ2n) is 4.04. The van der Waals surface area contributed by atoms with Crippen LogP contribution in [0.25, 0.3) is 0 Å². The summed E-state index contributed by atoms with van der Waals surface area (Å²) in [6.07, 6.45) is 1.40. The number of rotatable bonds is 6. The summed E-state index contributed by atoms with van der Waals surface area (Å²) in [5, 5.41) is 39.2. The van der Waals surface area contributed by atoms with Gasteiger partial charge in [-0.3, -0.25) is 0 Å². The molecule has 1 aromatic rings. The molecular formula is C11H16N2O5. The fourth-order valence-electron chi connectivity index (χ4n) is 1.44. The Kier molecular flexibility index (Phi) is 4.60. The number of aromatic nitrogens is 1. The van der Waals surface area contributed by atoms with Gasteiger partial charge in [-0.1, -0.05) is 0 Å². The molecule has 7 heteroatoms. The van der Waals surface area contributed by atoms with E-state index in [4.69, 9.17) is 5.11 Å². The van der Waals surface area contributed by atoms with Gasteiger partial charge in [0.15, 0.2) is 0 Å². The fraction of sp³-hybridized carbons (Fsp3) is 0.455. The number of nitrogens with one attached hydrogen (secondary N) is 1.